The van der Waals surface area contributed by atoms with Crippen LogP contribution < -0.4 is 5.73 Å². The first-order valence-electron chi connectivity index (χ1n) is 17.6. The molecule has 0 aromatic rings. The van der Waals surface area contributed by atoms with Crippen molar-refractivity contribution in [3.63, 3.8) is 0 Å². The van der Waals surface area contributed by atoms with Crippen molar-refractivity contribution in [3.8, 4) is 0 Å². The van der Waals surface area contributed by atoms with Gasteiger partial charge in [-0.2, -0.15) is 19.6 Å². The minimum Gasteiger partial charge on any atom is -0.462 e. The molecule has 1 saturated heterocycles. The number of amides is 1. The molecular weight excluding hydrogens is 578 g/mol. The Bertz CT molecular complexity index is 1140. The standard InChI is InChI=1S/C35H55NO9/c1-20-11-13-34(14-12-20)42-44-35(45-43-34)16-15-32(5)24(19-35)17-28(40-22(3)37)31-26-9-8-25(21(2)7-10-30(36)39)33(26,6)29(18-27(31)32)41-23(4)38/h20-21,24-29,31H,7-19H2,1-6H3,(H2,36,39)/t20?,21?,24-,25?,26?,27?,28?,29+,31?,32+,33-,34?,35?/m1/s1. The van der Waals surface area contributed by atoms with Gasteiger partial charge in [-0.1, -0.05) is 27.7 Å². The molecule has 6 fully saturated rings. The Morgan fingerprint density at radius 3 is 2.11 bits per heavy atom. The zero-order valence-corrected chi connectivity index (χ0v) is 28.1. The fraction of sp³-hybridized carbons (Fsp3) is 0.914. The van der Waals surface area contributed by atoms with Gasteiger partial charge < -0.3 is 15.2 Å². The second-order valence-corrected chi connectivity index (χ2v) is 16.3. The summed E-state index contributed by atoms with van der Waals surface area (Å²) in [7, 11) is 0. The van der Waals surface area contributed by atoms with Crippen LogP contribution in [0.4, 0.5) is 0 Å². The molecule has 254 valence electrons. The van der Waals surface area contributed by atoms with Gasteiger partial charge in [-0.05, 0) is 92.3 Å². The molecule has 0 aromatic carbocycles. The molecule has 5 saturated carbocycles. The summed E-state index contributed by atoms with van der Waals surface area (Å²) in [5.74, 6) is -0.882. The Morgan fingerprint density at radius 2 is 1.49 bits per heavy atom. The summed E-state index contributed by atoms with van der Waals surface area (Å²) in [6.07, 6.45) is 9.41. The maximum atomic E-state index is 12.6. The number of carbonyl (C=O) groups excluding carboxylic acids is 3. The van der Waals surface area contributed by atoms with E-state index in [2.05, 4.69) is 27.7 Å². The van der Waals surface area contributed by atoms with Crippen molar-refractivity contribution in [1.29, 1.82) is 0 Å². The topological polar surface area (TPSA) is 133 Å². The second-order valence-electron chi connectivity index (χ2n) is 16.3. The Morgan fingerprint density at radius 1 is 0.844 bits per heavy atom. The molecule has 0 radical (unpaired) electrons. The number of carbonyl (C=O) groups is 3. The van der Waals surface area contributed by atoms with Crippen molar-refractivity contribution < 1.29 is 43.4 Å². The molecule has 10 atom stereocenters. The summed E-state index contributed by atoms with van der Waals surface area (Å²) in [5.41, 5.74) is 5.12. The van der Waals surface area contributed by atoms with Gasteiger partial charge in [0.05, 0.1) is 0 Å². The normalized spacial score (nSPS) is 48.1. The Balaban J connectivity index is 1.28. The number of esters is 2. The van der Waals surface area contributed by atoms with E-state index in [0.29, 0.717) is 44.4 Å². The highest BCUT2D eigenvalue weighted by Crippen LogP contribution is 2.70. The molecule has 1 heterocycles. The van der Waals surface area contributed by atoms with Crippen molar-refractivity contribution in [2.75, 3.05) is 0 Å². The first-order valence-corrected chi connectivity index (χ1v) is 17.6. The Labute approximate surface area is 267 Å². The molecule has 10 heteroatoms. The highest BCUT2D eigenvalue weighted by Gasteiger charge is 2.69. The smallest absolute Gasteiger partial charge is 0.302 e. The van der Waals surface area contributed by atoms with Gasteiger partial charge in [0.1, 0.15) is 12.2 Å². The van der Waals surface area contributed by atoms with Crippen molar-refractivity contribution in [3.05, 3.63) is 0 Å². The maximum Gasteiger partial charge on any atom is 0.302 e. The molecule has 6 rings (SSSR count). The quantitative estimate of drug-likeness (QED) is 0.270. The second kappa shape index (κ2) is 12.0. The van der Waals surface area contributed by atoms with Crippen LogP contribution in [0.2, 0.25) is 0 Å². The predicted octanol–water partition coefficient (Wildman–Crippen LogP) is 6.14. The largest absolute Gasteiger partial charge is 0.462 e. The molecule has 0 aromatic heterocycles. The van der Waals surface area contributed by atoms with Gasteiger partial charge in [0.2, 0.25) is 17.5 Å². The monoisotopic (exact) mass is 633 g/mol. The van der Waals surface area contributed by atoms with Gasteiger partial charge in [-0.15, -0.1) is 0 Å². The molecule has 0 bridgehead atoms. The van der Waals surface area contributed by atoms with E-state index in [1.54, 1.807) is 0 Å². The van der Waals surface area contributed by atoms with E-state index in [1.807, 2.05) is 0 Å². The lowest BCUT2D eigenvalue weighted by molar-refractivity contribution is -0.665. The van der Waals surface area contributed by atoms with Crippen molar-refractivity contribution in [2.24, 2.45) is 58.0 Å². The van der Waals surface area contributed by atoms with Gasteiger partial charge >= 0.3 is 11.9 Å². The first-order chi connectivity index (χ1) is 21.2. The fourth-order valence-electron chi connectivity index (χ4n) is 11.2. The number of ether oxygens (including phenoxy) is 2. The van der Waals surface area contributed by atoms with Gasteiger partial charge in [0.15, 0.2) is 0 Å². The number of fused-ring (bicyclic) bond motifs is 5. The van der Waals surface area contributed by atoms with Crippen LogP contribution in [0, 0.1) is 52.3 Å². The third-order valence-corrected chi connectivity index (χ3v) is 13.7. The summed E-state index contributed by atoms with van der Waals surface area (Å²) in [6, 6.07) is 0. The average molecular weight is 634 g/mol. The number of hydrogen-bond donors (Lipinski definition) is 1. The van der Waals surface area contributed by atoms with Crippen LogP contribution in [0.5, 0.6) is 0 Å². The van der Waals surface area contributed by atoms with E-state index in [-0.39, 0.29) is 76.4 Å². The Hall–Kier alpha value is -1.75. The summed E-state index contributed by atoms with van der Waals surface area (Å²) >= 11 is 0. The van der Waals surface area contributed by atoms with Gasteiger partial charge in [-0.3, -0.25) is 14.4 Å². The highest BCUT2D eigenvalue weighted by atomic mass is 17.4. The van der Waals surface area contributed by atoms with E-state index in [0.717, 1.165) is 44.9 Å². The zero-order valence-electron chi connectivity index (χ0n) is 28.1. The SMILES string of the molecule is CC(=O)OC1C[C@@H]2CC3(CC[C@]2(C)C2C[C@H](OC(C)=O)[C@]4(C)C(C(C)CCC(N)=O)CCC4C12)OOC1(CCC(C)CC1)OO3. The molecule has 6 aliphatic rings. The third-order valence-electron chi connectivity index (χ3n) is 13.7. The van der Waals surface area contributed by atoms with Crippen LogP contribution in [0.1, 0.15) is 125 Å². The van der Waals surface area contributed by atoms with E-state index in [1.165, 1.54) is 13.8 Å². The molecule has 5 aliphatic carbocycles. The number of nitrogens with two attached hydrogens (primary N) is 1. The average Bonchev–Trinajstić information content (AvgIpc) is 3.34. The first kappa shape index (κ1) is 33.2. The minimum atomic E-state index is -1.00. The molecule has 2 N–H and O–H groups in total. The predicted molar refractivity (Wildman–Crippen MR) is 162 cm³/mol. The molecule has 2 spiro atoms. The van der Waals surface area contributed by atoms with Crippen LogP contribution in [-0.2, 0) is 43.4 Å². The molecule has 10 nitrogen and oxygen atoms in total. The molecule has 6 unspecified atom stereocenters. The van der Waals surface area contributed by atoms with Crippen molar-refractivity contribution in [1.82, 2.24) is 0 Å². The summed E-state index contributed by atoms with van der Waals surface area (Å²) in [4.78, 5) is 61.3. The maximum absolute atomic E-state index is 12.6. The summed E-state index contributed by atoms with van der Waals surface area (Å²) in [5, 5.41) is 0. The number of hydrogen-bond acceptors (Lipinski definition) is 9. The number of primary amides is 1. The van der Waals surface area contributed by atoms with Crippen LogP contribution >= 0.6 is 0 Å². The van der Waals surface area contributed by atoms with Crippen molar-refractivity contribution >= 4 is 17.8 Å². The summed E-state index contributed by atoms with van der Waals surface area (Å²) in [6.45, 7) is 12.1. The fourth-order valence-corrected chi connectivity index (χ4v) is 11.2. The van der Waals surface area contributed by atoms with E-state index in [9.17, 15) is 14.4 Å². The van der Waals surface area contributed by atoms with Gasteiger partial charge in [0.25, 0.3) is 0 Å². The summed E-state index contributed by atoms with van der Waals surface area (Å²) < 4.78 is 12.5. The van der Waals surface area contributed by atoms with E-state index in [4.69, 9.17) is 34.8 Å². The minimum absolute atomic E-state index is 0.107. The molecular formula is C35H55NO9. The van der Waals surface area contributed by atoms with Gasteiger partial charge in [-0.25, -0.2) is 0 Å². The van der Waals surface area contributed by atoms with E-state index < -0.39 is 11.6 Å². The highest BCUT2D eigenvalue weighted by molar-refractivity contribution is 5.73. The van der Waals surface area contributed by atoms with Crippen LogP contribution in [0.3, 0.4) is 0 Å². The zero-order chi connectivity index (χ0) is 32.4. The van der Waals surface area contributed by atoms with Crippen LogP contribution in [0.25, 0.3) is 0 Å². The van der Waals surface area contributed by atoms with Crippen LogP contribution in [-0.4, -0.2) is 41.6 Å². The molecule has 45 heavy (non-hydrogen) atoms. The molecule has 1 amide bonds. The van der Waals surface area contributed by atoms with Gasteiger partial charge in [0, 0.05) is 57.3 Å². The van der Waals surface area contributed by atoms with Crippen LogP contribution in [0.15, 0.2) is 0 Å². The molecule has 1 aliphatic heterocycles. The third kappa shape index (κ3) is 5.84. The lowest BCUT2D eigenvalue weighted by atomic mass is 9.42. The van der Waals surface area contributed by atoms with Crippen molar-refractivity contribution in [2.45, 2.75) is 149 Å². The number of rotatable bonds is 6. The Kier molecular flexibility index (Phi) is 8.88. The lowest BCUT2D eigenvalue weighted by Crippen LogP contribution is -2.65. The van der Waals surface area contributed by atoms with E-state index >= 15 is 0 Å². The lowest BCUT2D eigenvalue weighted by Gasteiger charge is -2.65.